The molecule has 2 aromatic carbocycles. The van der Waals surface area contributed by atoms with Gasteiger partial charge < -0.3 is 15.4 Å². The van der Waals surface area contributed by atoms with Gasteiger partial charge in [0.2, 0.25) is 5.95 Å². The molecule has 0 amide bonds. The van der Waals surface area contributed by atoms with E-state index in [-0.39, 0.29) is 34.8 Å². The molecule has 0 bridgehead atoms. The first kappa shape index (κ1) is 23.2. The Labute approximate surface area is 179 Å². The zero-order valence-electron chi connectivity index (χ0n) is 16.9. The van der Waals surface area contributed by atoms with Gasteiger partial charge in [0, 0.05) is 17.7 Å². The second kappa shape index (κ2) is 9.33. The molecule has 0 saturated carbocycles. The fraction of sp³-hybridized carbons (Fsp3) is 0.238. The standard InChI is InChI=1S/C21H18F6N4O/c1-3-11(2)28-20-30-16(12-5-4-6-13(9-12)32-21(25,26)27)10-17(31-20)29-15-8-7-14(22)18(23)19(15)24/h4-11H,3H2,1-2H3,(H2,28,29,30,31)/t11-/m1/s1. The quantitative estimate of drug-likeness (QED) is 0.318. The molecule has 32 heavy (non-hydrogen) atoms. The minimum absolute atomic E-state index is 0.00727. The van der Waals surface area contributed by atoms with E-state index in [1.807, 2.05) is 13.8 Å². The molecule has 0 unspecified atom stereocenters. The first-order chi connectivity index (χ1) is 15.1. The summed E-state index contributed by atoms with van der Waals surface area (Å²) in [4.78, 5) is 8.49. The minimum Gasteiger partial charge on any atom is -0.406 e. The number of hydrogen-bond acceptors (Lipinski definition) is 5. The molecule has 3 rings (SSSR count). The van der Waals surface area contributed by atoms with E-state index < -0.39 is 29.6 Å². The van der Waals surface area contributed by atoms with E-state index >= 15 is 0 Å². The van der Waals surface area contributed by atoms with Gasteiger partial charge in [-0.05, 0) is 37.6 Å². The van der Waals surface area contributed by atoms with Crippen LogP contribution in [0.1, 0.15) is 20.3 Å². The van der Waals surface area contributed by atoms with Gasteiger partial charge in [-0.15, -0.1) is 13.2 Å². The molecule has 170 valence electrons. The van der Waals surface area contributed by atoms with Gasteiger partial charge in [0.05, 0.1) is 11.4 Å². The number of halogens is 6. The van der Waals surface area contributed by atoms with Crippen molar-refractivity contribution in [3.63, 3.8) is 0 Å². The predicted molar refractivity (Wildman–Crippen MR) is 107 cm³/mol. The molecule has 0 fully saturated rings. The maximum atomic E-state index is 14.1. The number of nitrogens with one attached hydrogen (secondary N) is 2. The molecule has 5 nitrogen and oxygen atoms in total. The Hall–Kier alpha value is -3.50. The summed E-state index contributed by atoms with van der Waals surface area (Å²) in [6, 6.07) is 8.13. The molecule has 1 atom stereocenters. The first-order valence-corrected chi connectivity index (χ1v) is 9.48. The van der Waals surface area contributed by atoms with Crippen LogP contribution in [0.5, 0.6) is 5.75 Å². The summed E-state index contributed by atoms with van der Waals surface area (Å²) in [7, 11) is 0. The van der Waals surface area contributed by atoms with Crippen LogP contribution in [0.25, 0.3) is 11.3 Å². The third-order valence-electron chi connectivity index (χ3n) is 4.38. The lowest BCUT2D eigenvalue weighted by Crippen LogP contribution is -2.17. The Kier molecular flexibility index (Phi) is 6.75. The van der Waals surface area contributed by atoms with Crippen LogP contribution in [0.15, 0.2) is 42.5 Å². The van der Waals surface area contributed by atoms with Crippen molar-refractivity contribution < 1.29 is 31.1 Å². The van der Waals surface area contributed by atoms with E-state index in [2.05, 4.69) is 25.3 Å². The average molecular weight is 456 g/mol. The highest BCUT2D eigenvalue weighted by Gasteiger charge is 2.31. The molecule has 1 aromatic heterocycles. The fourth-order valence-corrected chi connectivity index (χ4v) is 2.66. The van der Waals surface area contributed by atoms with Crippen molar-refractivity contribution in [2.75, 3.05) is 10.6 Å². The lowest BCUT2D eigenvalue weighted by Gasteiger charge is -2.15. The van der Waals surface area contributed by atoms with E-state index in [9.17, 15) is 26.3 Å². The largest absolute Gasteiger partial charge is 0.573 e. The van der Waals surface area contributed by atoms with Crippen molar-refractivity contribution in [1.29, 1.82) is 0 Å². The Balaban J connectivity index is 2.02. The van der Waals surface area contributed by atoms with E-state index in [1.54, 1.807) is 0 Å². The third kappa shape index (κ3) is 5.80. The van der Waals surface area contributed by atoms with Crippen LogP contribution in [0.4, 0.5) is 43.8 Å². The predicted octanol–water partition coefficient (Wildman–Crippen LogP) is 6.41. The lowest BCUT2D eigenvalue weighted by atomic mass is 10.1. The van der Waals surface area contributed by atoms with Crippen LogP contribution in [-0.4, -0.2) is 22.4 Å². The molecule has 3 aromatic rings. The Morgan fingerprint density at radius 1 is 1.00 bits per heavy atom. The molecule has 0 spiro atoms. The van der Waals surface area contributed by atoms with Crippen molar-refractivity contribution in [1.82, 2.24) is 9.97 Å². The fourth-order valence-electron chi connectivity index (χ4n) is 2.66. The highest BCUT2D eigenvalue weighted by Crippen LogP contribution is 2.30. The smallest absolute Gasteiger partial charge is 0.406 e. The number of alkyl halides is 3. The van der Waals surface area contributed by atoms with E-state index in [0.717, 1.165) is 24.3 Å². The van der Waals surface area contributed by atoms with Crippen LogP contribution in [0.2, 0.25) is 0 Å². The number of ether oxygens (including phenoxy) is 1. The normalized spacial score (nSPS) is 12.4. The van der Waals surface area contributed by atoms with E-state index in [0.29, 0.717) is 6.42 Å². The van der Waals surface area contributed by atoms with Crippen LogP contribution in [0.3, 0.4) is 0 Å². The molecule has 11 heteroatoms. The van der Waals surface area contributed by atoms with Gasteiger partial charge in [0.25, 0.3) is 0 Å². The van der Waals surface area contributed by atoms with Crippen molar-refractivity contribution in [2.45, 2.75) is 32.7 Å². The summed E-state index contributed by atoms with van der Waals surface area (Å²) in [5.74, 6) is -4.79. The van der Waals surface area contributed by atoms with Crippen molar-refractivity contribution in [3.8, 4) is 17.0 Å². The third-order valence-corrected chi connectivity index (χ3v) is 4.38. The first-order valence-electron chi connectivity index (χ1n) is 9.48. The lowest BCUT2D eigenvalue weighted by molar-refractivity contribution is -0.274. The highest BCUT2D eigenvalue weighted by atomic mass is 19.4. The molecule has 0 radical (unpaired) electrons. The molecule has 0 aliphatic heterocycles. The number of anilines is 3. The summed E-state index contributed by atoms with van der Waals surface area (Å²) in [5.41, 5.74) is 0.0660. The van der Waals surface area contributed by atoms with Gasteiger partial charge in [0.1, 0.15) is 11.6 Å². The van der Waals surface area contributed by atoms with Gasteiger partial charge in [-0.3, -0.25) is 0 Å². The van der Waals surface area contributed by atoms with Gasteiger partial charge in [-0.1, -0.05) is 19.1 Å². The second-order valence-corrected chi connectivity index (χ2v) is 6.84. The van der Waals surface area contributed by atoms with Gasteiger partial charge >= 0.3 is 6.36 Å². The van der Waals surface area contributed by atoms with Gasteiger partial charge in [0.15, 0.2) is 17.5 Å². The zero-order valence-corrected chi connectivity index (χ0v) is 16.9. The van der Waals surface area contributed by atoms with Crippen LogP contribution < -0.4 is 15.4 Å². The number of hydrogen-bond donors (Lipinski definition) is 2. The number of rotatable bonds is 7. The number of benzene rings is 2. The molecule has 0 aliphatic carbocycles. The summed E-state index contributed by atoms with van der Waals surface area (Å²) < 4.78 is 82.5. The average Bonchev–Trinajstić information content (AvgIpc) is 2.73. The highest BCUT2D eigenvalue weighted by molar-refractivity contribution is 5.68. The summed E-state index contributed by atoms with van der Waals surface area (Å²) in [6.45, 7) is 3.77. The van der Waals surface area contributed by atoms with E-state index in [4.69, 9.17) is 0 Å². The van der Waals surface area contributed by atoms with Crippen LogP contribution >= 0.6 is 0 Å². The topological polar surface area (TPSA) is 59.1 Å². The Bertz CT molecular complexity index is 1110. The monoisotopic (exact) mass is 456 g/mol. The summed E-state index contributed by atoms with van der Waals surface area (Å²) in [6.07, 6.45) is -4.16. The molecule has 1 heterocycles. The minimum atomic E-state index is -4.87. The van der Waals surface area contributed by atoms with Crippen molar-refractivity contribution in [3.05, 3.63) is 59.9 Å². The van der Waals surface area contributed by atoms with E-state index in [1.165, 1.54) is 18.2 Å². The van der Waals surface area contributed by atoms with Crippen LogP contribution in [-0.2, 0) is 0 Å². The maximum absolute atomic E-state index is 14.1. The summed E-state index contributed by atoms with van der Waals surface area (Å²) in [5, 5.41) is 5.57. The molecule has 0 aliphatic rings. The van der Waals surface area contributed by atoms with Gasteiger partial charge in [-0.25, -0.2) is 18.2 Å². The number of aromatic nitrogens is 2. The molecule has 2 N–H and O–H groups in total. The Morgan fingerprint density at radius 2 is 1.75 bits per heavy atom. The zero-order chi connectivity index (χ0) is 23.5. The molecular weight excluding hydrogens is 438 g/mol. The molecule has 0 saturated heterocycles. The number of nitrogens with zero attached hydrogens (tertiary/aromatic N) is 2. The van der Waals surface area contributed by atoms with Crippen molar-refractivity contribution in [2.24, 2.45) is 0 Å². The van der Waals surface area contributed by atoms with Crippen molar-refractivity contribution >= 4 is 17.5 Å². The summed E-state index contributed by atoms with van der Waals surface area (Å²) >= 11 is 0. The molecular formula is C21H18F6N4O. The maximum Gasteiger partial charge on any atom is 0.573 e. The SMILES string of the molecule is CC[C@@H](C)Nc1nc(Nc2ccc(F)c(F)c2F)cc(-c2cccc(OC(F)(F)F)c2)n1. The second-order valence-electron chi connectivity index (χ2n) is 6.84. The van der Waals surface area contributed by atoms with Gasteiger partial charge in [-0.2, -0.15) is 4.98 Å². The Morgan fingerprint density at radius 3 is 2.44 bits per heavy atom. The van der Waals surface area contributed by atoms with Crippen LogP contribution in [0, 0.1) is 17.5 Å².